The molecule has 2 N–H and O–H groups in total. The highest BCUT2D eigenvalue weighted by molar-refractivity contribution is 5.83. The molecule has 1 aromatic heterocycles. The largest absolute Gasteiger partial charge is 0.497 e. The van der Waals surface area contributed by atoms with Crippen LogP contribution in [0.5, 0.6) is 5.75 Å². The van der Waals surface area contributed by atoms with Crippen LogP contribution in [0.2, 0.25) is 0 Å². The van der Waals surface area contributed by atoms with E-state index in [2.05, 4.69) is 20.9 Å². The molecule has 1 atom stereocenters. The van der Waals surface area contributed by atoms with E-state index < -0.39 is 17.7 Å². The summed E-state index contributed by atoms with van der Waals surface area (Å²) in [6.45, 7) is 6.16. The van der Waals surface area contributed by atoms with Crippen molar-refractivity contribution in [1.29, 1.82) is 0 Å². The van der Waals surface area contributed by atoms with E-state index >= 15 is 0 Å². The molecule has 9 nitrogen and oxygen atoms in total. The molecule has 1 heterocycles. The molecule has 0 saturated carbocycles. The molecular weight excluding hydrogens is 434 g/mol. The van der Waals surface area contributed by atoms with E-state index in [0.29, 0.717) is 25.8 Å². The molecule has 0 saturated heterocycles. The molecule has 2 amide bonds. The van der Waals surface area contributed by atoms with E-state index in [1.54, 1.807) is 7.11 Å². The molecule has 34 heavy (non-hydrogen) atoms. The van der Waals surface area contributed by atoms with Gasteiger partial charge >= 0.3 is 6.09 Å². The van der Waals surface area contributed by atoms with Crippen molar-refractivity contribution in [2.45, 2.75) is 58.2 Å². The smallest absolute Gasteiger partial charge is 0.408 e. The Morgan fingerprint density at radius 3 is 2.50 bits per heavy atom. The molecule has 0 aliphatic rings. The SMILES string of the molecule is CNC(=O)[C@H](CCCc1cccc2c1nnn2Cc1ccc(OC)cc1)OC(=O)NC(C)(C)C. The Morgan fingerprint density at radius 2 is 1.85 bits per heavy atom. The lowest BCUT2D eigenvalue weighted by Crippen LogP contribution is -2.45. The first kappa shape index (κ1) is 25.0. The number of methoxy groups -OCH3 is 1. The number of hydrogen-bond donors (Lipinski definition) is 2. The number of amides is 2. The predicted octanol–water partition coefficient (Wildman–Crippen LogP) is 3.45. The number of nitrogens with zero attached hydrogens (tertiary/aromatic N) is 3. The minimum absolute atomic E-state index is 0.326. The lowest BCUT2D eigenvalue weighted by atomic mass is 10.0. The maximum atomic E-state index is 12.2. The molecule has 0 radical (unpaired) electrons. The van der Waals surface area contributed by atoms with Gasteiger partial charge in [-0.15, -0.1) is 5.10 Å². The van der Waals surface area contributed by atoms with Crippen LogP contribution in [0.3, 0.4) is 0 Å². The summed E-state index contributed by atoms with van der Waals surface area (Å²) in [6.07, 6.45) is 0.247. The van der Waals surface area contributed by atoms with Gasteiger partial charge in [-0.1, -0.05) is 29.5 Å². The Bertz CT molecular complexity index is 1120. The van der Waals surface area contributed by atoms with Crippen molar-refractivity contribution < 1.29 is 19.1 Å². The molecular formula is C25H33N5O4. The number of rotatable bonds is 9. The summed E-state index contributed by atoms with van der Waals surface area (Å²) in [5.41, 5.74) is 3.46. The minimum atomic E-state index is -0.864. The van der Waals surface area contributed by atoms with E-state index in [1.807, 2.05) is 67.9 Å². The number of carbonyl (C=O) groups is 2. The second kappa shape index (κ2) is 11.0. The summed E-state index contributed by atoms with van der Waals surface area (Å²) >= 11 is 0. The van der Waals surface area contributed by atoms with Gasteiger partial charge in [0.2, 0.25) is 0 Å². The van der Waals surface area contributed by atoms with Crippen LogP contribution in [0.4, 0.5) is 4.79 Å². The monoisotopic (exact) mass is 467 g/mol. The van der Waals surface area contributed by atoms with Gasteiger partial charge in [-0.25, -0.2) is 9.48 Å². The summed E-state index contributed by atoms with van der Waals surface area (Å²) in [6, 6.07) is 13.8. The van der Waals surface area contributed by atoms with Crippen LogP contribution < -0.4 is 15.4 Å². The summed E-state index contributed by atoms with van der Waals surface area (Å²) in [5.74, 6) is 0.483. The molecule has 3 rings (SSSR count). The first-order chi connectivity index (χ1) is 16.2. The number of ether oxygens (including phenoxy) is 2. The Kier molecular flexibility index (Phi) is 8.09. The van der Waals surface area contributed by atoms with Gasteiger partial charge in [0.15, 0.2) is 6.10 Å². The van der Waals surface area contributed by atoms with Crippen molar-refractivity contribution in [2.75, 3.05) is 14.2 Å². The number of fused-ring (bicyclic) bond motifs is 1. The summed E-state index contributed by atoms with van der Waals surface area (Å²) < 4.78 is 12.5. The number of likely N-dealkylation sites (N-methyl/N-ethyl adjacent to an activating group) is 1. The molecule has 2 aromatic carbocycles. The number of aromatic nitrogens is 3. The normalized spacial score (nSPS) is 12.3. The molecule has 0 fully saturated rings. The fourth-order valence-electron chi connectivity index (χ4n) is 3.62. The standard InChI is InChI=1S/C25H33N5O4/c1-25(2,3)27-24(32)34-21(23(31)26-4)11-7-9-18-8-6-10-20-22(18)28-29-30(20)16-17-12-14-19(33-5)15-13-17/h6,8,10,12-15,21H,7,9,11,16H2,1-5H3,(H,26,31)(H,27,32)/t21-/m0/s1. The maximum Gasteiger partial charge on any atom is 0.408 e. The zero-order valence-corrected chi connectivity index (χ0v) is 20.4. The van der Waals surface area contributed by atoms with Crippen molar-refractivity contribution >= 4 is 23.0 Å². The first-order valence-corrected chi connectivity index (χ1v) is 11.3. The van der Waals surface area contributed by atoms with Gasteiger partial charge < -0.3 is 20.1 Å². The van der Waals surface area contributed by atoms with E-state index in [-0.39, 0.29) is 5.91 Å². The Balaban J connectivity index is 1.66. The summed E-state index contributed by atoms with van der Waals surface area (Å²) in [4.78, 5) is 24.4. The molecule has 0 aliphatic heterocycles. The Hall–Kier alpha value is -3.62. The first-order valence-electron chi connectivity index (χ1n) is 11.3. The van der Waals surface area contributed by atoms with Gasteiger partial charge in [-0.2, -0.15) is 0 Å². The molecule has 9 heteroatoms. The van der Waals surface area contributed by atoms with Gasteiger partial charge in [0, 0.05) is 12.6 Å². The van der Waals surface area contributed by atoms with Crippen molar-refractivity contribution in [2.24, 2.45) is 0 Å². The Labute approximate surface area is 199 Å². The molecule has 0 unspecified atom stereocenters. The van der Waals surface area contributed by atoms with Gasteiger partial charge in [0.05, 0.1) is 19.2 Å². The number of nitrogens with one attached hydrogen (secondary N) is 2. The van der Waals surface area contributed by atoms with Gasteiger partial charge in [0.1, 0.15) is 11.3 Å². The number of alkyl carbamates (subject to hydrolysis) is 1. The number of benzene rings is 2. The topological polar surface area (TPSA) is 107 Å². The van der Waals surface area contributed by atoms with Crippen LogP contribution in [0, 0.1) is 0 Å². The highest BCUT2D eigenvalue weighted by Crippen LogP contribution is 2.20. The third-order valence-electron chi connectivity index (χ3n) is 5.30. The lowest BCUT2D eigenvalue weighted by molar-refractivity contribution is -0.129. The van der Waals surface area contributed by atoms with Crippen LogP contribution >= 0.6 is 0 Å². The molecule has 182 valence electrons. The third kappa shape index (κ3) is 6.69. The van der Waals surface area contributed by atoms with Crippen molar-refractivity contribution in [3.63, 3.8) is 0 Å². The number of hydrogen-bond acceptors (Lipinski definition) is 6. The maximum absolute atomic E-state index is 12.2. The molecule has 0 aliphatic carbocycles. The lowest BCUT2D eigenvalue weighted by Gasteiger charge is -2.23. The van der Waals surface area contributed by atoms with E-state index in [0.717, 1.165) is 27.9 Å². The zero-order valence-electron chi connectivity index (χ0n) is 20.4. The van der Waals surface area contributed by atoms with Crippen LogP contribution in [-0.2, 0) is 22.5 Å². The molecule has 3 aromatic rings. The third-order valence-corrected chi connectivity index (χ3v) is 5.30. The van der Waals surface area contributed by atoms with Crippen LogP contribution in [0.1, 0.15) is 44.7 Å². The Morgan fingerprint density at radius 1 is 1.12 bits per heavy atom. The van der Waals surface area contributed by atoms with Crippen molar-refractivity contribution in [1.82, 2.24) is 25.6 Å². The average Bonchev–Trinajstić information content (AvgIpc) is 3.20. The highest BCUT2D eigenvalue weighted by Gasteiger charge is 2.24. The van der Waals surface area contributed by atoms with Crippen LogP contribution in [-0.4, -0.2) is 52.8 Å². The predicted molar refractivity (Wildman–Crippen MR) is 130 cm³/mol. The molecule has 0 spiro atoms. The second-order valence-corrected chi connectivity index (χ2v) is 9.16. The van der Waals surface area contributed by atoms with Crippen molar-refractivity contribution in [3.8, 4) is 5.75 Å². The van der Waals surface area contributed by atoms with Gasteiger partial charge in [0.25, 0.3) is 5.91 Å². The number of carbonyl (C=O) groups excluding carboxylic acids is 2. The summed E-state index contributed by atoms with van der Waals surface area (Å²) in [5, 5.41) is 14.0. The van der Waals surface area contributed by atoms with E-state index in [1.165, 1.54) is 7.05 Å². The second-order valence-electron chi connectivity index (χ2n) is 9.16. The quantitative estimate of drug-likeness (QED) is 0.499. The van der Waals surface area contributed by atoms with E-state index in [4.69, 9.17) is 9.47 Å². The van der Waals surface area contributed by atoms with Gasteiger partial charge in [-0.3, -0.25) is 4.79 Å². The van der Waals surface area contributed by atoms with Crippen LogP contribution in [0.15, 0.2) is 42.5 Å². The summed E-state index contributed by atoms with van der Waals surface area (Å²) in [7, 11) is 3.17. The van der Waals surface area contributed by atoms with Gasteiger partial charge in [-0.05, 0) is 69.4 Å². The fourth-order valence-corrected chi connectivity index (χ4v) is 3.62. The van der Waals surface area contributed by atoms with Crippen LogP contribution in [0.25, 0.3) is 11.0 Å². The minimum Gasteiger partial charge on any atom is -0.497 e. The average molecular weight is 468 g/mol. The van der Waals surface area contributed by atoms with Crippen molar-refractivity contribution in [3.05, 3.63) is 53.6 Å². The molecule has 0 bridgehead atoms. The van der Waals surface area contributed by atoms with E-state index in [9.17, 15) is 9.59 Å². The highest BCUT2D eigenvalue weighted by atomic mass is 16.6. The zero-order chi connectivity index (χ0) is 24.7. The fraction of sp³-hybridized carbons (Fsp3) is 0.440. The number of aryl methyl sites for hydroxylation is 1.